The summed E-state index contributed by atoms with van der Waals surface area (Å²) >= 11 is 1.23. The standard InChI is InChI=1S/C18H18N6O2S/c25-16(11-13-5-2-1-3-6-13)20-17-22-23-18(27-17)26-14-8-10-24(12-14)15-7-4-9-19-21-15/h1-7,9,14H,8,10-12H2,(H,20,22,25)/t14-/m1/s1. The zero-order chi connectivity index (χ0) is 18.5. The van der Waals surface area contributed by atoms with Gasteiger partial charge in [-0.15, -0.1) is 10.2 Å². The highest BCUT2D eigenvalue weighted by Crippen LogP contribution is 2.26. The van der Waals surface area contributed by atoms with Gasteiger partial charge in [-0.1, -0.05) is 35.4 Å². The molecule has 8 nitrogen and oxygen atoms in total. The van der Waals surface area contributed by atoms with Crippen molar-refractivity contribution >= 4 is 28.2 Å². The molecule has 0 radical (unpaired) electrons. The van der Waals surface area contributed by atoms with Crippen LogP contribution in [0.4, 0.5) is 10.9 Å². The fourth-order valence-corrected chi connectivity index (χ4v) is 3.57. The lowest BCUT2D eigenvalue weighted by molar-refractivity contribution is -0.115. The van der Waals surface area contributed by atoms with Crippen LogP contribution in [0.2, 0.25) is 0 Å². The minimum absolute atomic E-state index is 0.00725. The van der Waals surface area contributed by atoms with Crippen LogP contribution in [0.15, 0.2) is 48.7 Å². The van der Waals surface area contributed by atoms with Gasteiger partial charge in [-0.2, -0.15) is 5.10 Å². The molecule has 0 saturated carbocycles. The Morgan fingerprint density at radius 1 is 1.19 bits per heavy atom. The first-order chi connectivity index (χ1) is 13.3. The van der Waals surface area contributed by atoms with Crippen molar-refractivity contribution in [1.82, 2.24) is 20.4 Å². The van der Waals surface area contributed by atoms with E-state index in [4.69, 9.17) is 4.74 Å². The molecule has 0 unspecified atom stereocenters. The first-order valence-corrected chi connectivity index (χ1v) is 9.44. The number of ether oxygens (including phenoxy) is 1. The fraction of sp³-hybridized carbons (Fsp3) is 0.278. The predicted octanol–water partition coefficient (Wildman–Crippen LogP) is 2.17. The Balaban J connectivity index is 1.29. The number of hydrogen-bond acceptors (Lipinski definition) is 8. The van der Waals surface area contributed by atoms with Crippen LogP contribution >= 0.6 is 11.3 Å². The molecule has 3 heterocycles. The summed E-state index contributed by atoms with van der Waals surface area (Å²) in [5.41, 5.74) is 0.950. The van der Waals surface area contributed by atoms with Crippen molar-refractivity contribution in [3.05, 3.63) is 54.2 Å². The molecule has 2 aromatic heterocycles. The summed E-state index contributed by atoms with van der Waals surface area (Å²) in [4.78, 5) is 14.2. The number of nitrogens with one attached hydrogen (secondary N) is 1. The highest BCUT2D eigenvalue weighted by molar-refractivity contribution is 7.17. The highest BCUT2D eigenvalue weighted by atomic mass is 32.1. The summed E-state index contributed by atoms with van der Waals surface area (Å²) < 4.78 is 5.91. The van der Waals surface area contributed by atoms with Gasteiger partial charge in [0, 0.05) is 19.2 Å². The van der Waals surface area contributed by atoms with Crippen molar-refractivity contribution in [3.8, 4) is 5.19 Å². The predicted molar refractivity (Wildman–Crippen MR) is 102 cm³/mol. The second-order valence-corrected chi connectivity index (χ2v) is 7.08. The second-order valence-electron chi connectivity index (χ2n) is 6.14. The fourth-order valence-electron chi connectivity index (χ4n) is 2.89. The van der Waals surface area contributed by atoms with E-state index in [9.17, 15) is 4.79 Å². The van der Waals surface area contributed by atoms with Crippen LogP contribution in [0, 0.1) is 0 Å². The topological polar surface area (TPSA) is 93.1 Å². The van der Waals surface area contributed by atoms with Crippen molar-refractivity contribution in [2.24, 2.45) is 0 Å². The molecule has 1 aromatic carbocycles. The number of rotatable bonds is 6. The van der Waals surface area contributed by atoms with Crippen molar-refractivity contribution in [1.29, 1.82) is 0 Å². The number of hydrogen-bond donors (Lipinski definition) is 1. The van der Waals surface area contributed by atoms with Crippen molar-refractivity contribution in [2.45, 2.75) is 18.9 Å². The molecule has 1 aliphatic rings. The maximum Gasteiger partial charge on any atom is 0.296 e. The van der Waals surface area contributed by atoms with E-state index >= 15 is 0 Å². The summed E-state index contributed by atoms with van der Waals surface area (Å²) in [6.45, 7) is 1.57. The van der Waals surface area contributed by atoms with Crippen molar-refractivity contribution in [3.63, 3.8) is 0 Å². The Bertz CT molecular complexity index is 889. The summed E-state index contributed by atoms with van der Waals surface area (Å²) in [5.74, 6) is 0.716. The largest absolute Gasteiger partial charge is 0.464 e. The average Bonchev–Trinajstić information content (AvgIpc) is 3.33. The summed E-state index contributed by atoms with van der Waals surface area (Å²) in [6.07, 6.45) is 2.83. The van der Waals surface area contributed by atoms with E-state index in [0.717, 1.165) is 24.3 Å². The first-order valence-electron chi connectivity index (χ1n) is 8.63. The van der Waals surface area contributed by atoms with Gasteiger partial charge < -0.3 is 15.0 Å². The van der Waals surface area contributed by atoms with Gasteiger partial charge in [-0.05, 0) is 29.0 Å². The molecule has 138 valence electrons. The van der Waals surface area contributed by atoms with Gasteiger partial charge in [0.2, 0.25) is 11.0 Å². The molecule has 0 aliphatic carbocycles. The Morgan fingerprint density at radius 3 is 2.89 bits per heavy atom. The van der Waals surface area contributed by atoms with E-state index in [-0.39, 0.29) is 12.0 Å². The van der Waals surface area contributed by atoms with Gasteiger partial charge >= 0.3 is 0 Å². The molecule has 0 spiro atoms. The van der Waals surface area contributed by atoms with E-state index in [1.165, 1.54) is 11.3 Å². The molecule has 1 atom stereocenters. The highest BCUT2D eigenvalue weighted by Gasteiger charge is 2.26. The van der Waals surface area contributed by atoms with E-state index in [0.29, 0.717) is 23.3 Å². The van der Waals surface area contributed by atoms with Crippen molar-refractivity contribution < 1.29 is 9.53 Å². The molecule has 4 rings (SSSR count). The van der Waals surface area contributed by atoms with Gasteiger partial charge in [-0.25, -0.2) is 0 Å². The molecular formula is C18H18N6O2S. The molecule has 3 aromatic rings. The monoisotopic (exact) mass is 382 g/mol. The van der Waals surface area contributed by atoms with Crippen LogP contribution in [0.25, 0.3) is 0 Å². The van der Waals surface area contributed by atoms with Crippen LogP contribution in [0.5, 0.6) is 5.19 Å². The third-order valence-electron chi connectivity index (χ3n) is 4.16. The van der Waals surface area contributed by atoms with Gasteiger partial charge in [-0.3, -0.25) is 4.79 Å². The lowest BCUT2D eigenvalue weighted by atomic mass is 10.1. The number of benzene rings is 1. The molecule has 1 N–H and O–H groups in total. The van der Waals surface area contributed by atoms with Crippen LogP contribution in [-0.4, -0.2) is 45.5 Å². The number of carbonyl (C=O) groups excluding carboxylic acids is 1. The number of anilines is 2. The van der Waals surface area contributed by atoms with Crippen LogP contribution in [0.3, 0.4) is 0 Å². The Labute approximate surface area is 160 Å². The van der Waals surface area contributed by atoms with Gasteiger partial charge in [0.15, 0.2) is 5.82 Å². The normalized spacial score (nSPS) is 16.3. The molecule has 27 heavy (non-hydrogen) atoms. The molecule has 1 saturated heterocycles. The number of aromatic nitrogens is 4. The van der Waals surface area contributed by atoms with E-state index < -0.39 is 0 Å². The lowest BCUT2D eigenvalue weighted by Gasteiger charge is -2.16. The number of carbonyl (C=O) groups is 1. The summed E-state index contributed by atoms with van der Waals surface area (Å²) in [6, 6.07) is 13.4. The summed E-state index contributed by atoms with van der Waals surface area (Å²) in [7, 11) is 0. The van der Waals surface area contributed by atoms with Crippen LogP contribution in [-0.2, 0) is 11.2 Å². The third-order valence-corrected chi connectivity index (χ3v) is 4.88. The third kappa shape index (κ3) is 4.56. The smallest absolute Gasteiger partial charge is 0.296 e. The zero-order valence-electron chi connectivity index (χ0n) is 14.5. The van der Waals surface area contributed by atoms with E-state index in [1.807, 2.05) is 42.5 Å². The molecule has 0 bridgehead atoms. The Kier molecular flexibility index (Phi) is 5.20. The van der Waals surface area contributed by atoms with E-state index in [1.54, 1.807) is 6.20 Å². The maximum atomic E-state index is 12.1. The van der Waals surface area contributed by atoms with Crippen molar-refractivity contribution in [2.75, 3.05) is 23.3 Å². The van der Waals surface area contributed by atoms with Gasteiger partial charge in [0.05, 0.1) is 13.0 Å². The molecule has 1 fully saturated rings. The lowest BCUT2D eigenvalue weighted by Crippen LogP contribution is -2.25. The zero-order valence-corrected chi connectivity index (χ0v) is 15.3. The summed E-state index contributed by atoms with van der Waals surface area (Å²) in [5, 5.41) is 19.7. The molecule has 1 amide bonds. The molecule has 9 heteroatoms. The number of amides is 1. The Hall–Kier alpha value is -3.07. The minimum Gasteiger partial charge on any atom is -0.464 e. The van der Waals surface area contributed by atoms with Gasteiger partial charge in [0.25, 0.3) is 5.19 Å². The maximum absolute atomic E-state index is 12.1. The first kappa shape index (κ1) is 17.3. The van der Waals surface area contributed by atoms with Crippen LogP contribution < -0.4 is 15.0 Å². The molecule has 1 aliphatic heterocycles. The number of nitrogens with zero attached hydrogens (tertiary/aromatic N) is 5. The van der Waals surface area contributed by atoms with Crippen LogP contribution in [0.1, 0.15) is 12.0 Å². The SMILES string of the molecule is O=C(Cc1ccccc1)Nc1nnc(O[C@@H]2CCN(c3cccnn3)C2)s1. The Morgan fingerprint density at radius 2 is 2.07 bits per heavy atom. The second kappa shape index (κ2) is 8.09. The average molecular weight is 382 g/mol. The van der Waals surface area contributed by atoms with Gasteiger partial charge in [0.1, 0.15) is 6.10 Å². The quantitative estimate of drug-likeness (QED) is 0.698. The van der Waals surface area contributed by atoms with E-state index in [2.05, 4.69) is 30.6 Å². The minimum atomic E-state index is -0.126. The molecular weight excluding hydrogens is 364 g/mol.